The molecule has 0 spiro atoms. The fourth-order valence-corrected chi connectivity index (χ4v) is 4.32. The van der Waals surface area contributed by atoms with E-state index in [0.717, 1.165) is 24.4 Å². The Morgan fingerprint density at radius 1 is 1.20 bits per heavy atom. The second-order valence-electron chi connectivity index (χ2n) is 7.88. The Balaban J connectivity index is 1.47. The van der Waals surface area contributed by atoms with E-state index >= 15 is 0 Å². The lowest BCUT2D eigenvalue weighted by atomic mass is 10.1. The molecule has 3 heterocycles. The maximum atomic E-state index is 13.0. The highest BCUT2D eigenvalue weighted by atomic mass is 35.5. The summed E-state index contributed by atoms with van der Waals surface area (Å²) < 4.78 is 7.32. The van der Waals surface area contributed by atoms with Gasteiger partial charge in [-0.2, -0.15) is 5.10 Å². The summed E-state index contributed by atoms with van der Waals surface area (Å²) >= 11 is 6.56. The van der Waals surface area contributed by atoms with E-state index in [-0.39, 0.29) is 11.9 Å². The largest absolute Gasteiger partial charge is 0.468 e. The Labute approximate surface area is 181 Å². The summed E-state index contributed by atoms with van der Waals surface area (Å²) in [4.78, 5) is 15.3. The van der Waals surface area contributed by atoms with Crippen LogP contribution in [0.2, 0.25) is 5.15 Å². The topological polar surface area (TPSA) is 63.3 Å². The van der Waals surface area contributed by atoms with Gasteiger partial charge >= 0.3 is 0 Å². The van der Waals surface area contributed by atoms with E-state index in [9.17, 15) is 4.79 Å². The van der Waals surface area contributed by atoms with Gasteiger partial charge in [0.2, 0.25) is 0 Å². The van der Waals surface area contributed by atoms with Gasteiger partial charge in [-0.3, -0.25) is 9.69 Å². The number of carbonyl (C=O) groups excluding carboxylic acids is 1. The minimum Gasteiger partial charge on any atom is -0.468 e. The molecule has 6 nitrogen and oxygen atoms in total. The molecular weight excluding hydrogens is 400 g/mol. The smallest absolute Gasteiger partial charge is 0.256 e. The minimum absolute atomic E-state index is 0.0214. The highest BCUT2D eigenvalue weighted by molar-refractivity contribution is 6.33. The van der Waals surface area contributed by atoms with Crippen molar-refractivity contribution in [2.24, 2.45) is 0 Å². The van der Waals surface area contributed by atoms with Crippen molar-refractivity contribution in [3.63, 3.8) is 0 Å². The van der Waals surface area contributed by atoms with Gasteiger partial charge in [-0.25, -0.2) is 4.68 Å². The lowest BCUT2D eigenvalue weighted by molar-refractivity contribution is 0.0933. The van der Waals surface area contributed by atoms with Gasteiger partial charge in [-0.15, -0.1) is 0 Å². The van der Waals surface area contributed by atoms with Crippen molar-refractivity contribution in [2.75, 3.05) is 19.6 Å². The molecule has 1 aliphatic rings. The fourth-order valence-electron chi connectivity index (χ4n) is 4.00. The van der Waals surface area contributed by atoms with E-state index in [4.69, 9.17) is 16.0 Å². The summed E-state index contributed by atoms with van der Waals surface area (Å²) in [6, 6.07) is 12.1. The standard InChI is InChI=1S/C23H27ClN4O2/c1-16-7-9-18(10-8-16)15-28-22(24)21(17(2)26-28)23(29)25-14-19(20-6-5-13-30-20)27-11-3-4-12-27/h5-10,13,19H,3-4,11-12,14-15H2,1-2H3,(H,25,29)/t19-/m0/s1. The third kappa shape index (κ3) is 4.45. The van der Waals surface area contributed by atoms with Crippen molar-refractivity contribution < 1.29 is 9.21 Å². The number of amides is 1. The monoisotopic (exact) mass is 426 g/mol. The van der Waals surface area contributed by atoms with Gasteiger partial charge in [0.05, 0.1) is 30.1 Å². The highest BCUT2D eigenvalue weighted by Crippen LogP contribution is 2.26. The van der Waals surface area contributed by atoms with Gasteiger partial charge in [-0.05, 0) is 57.5 Å². The van der Waals surface area contributed by atoms with Crippen LogP contribution in [0.15, 0.2) is 47.1 Å². The van der Waals surface area contributed by atoms with Gasteiger partial charge in [-0.1, -0.05) is 41.4 Å². The first-order valence-corrected chi connectivity index (χ1v) is 10.7. The van der Waals surface area contributed by atoms with Gasteiger partial charge in [0.1, 0.15) is 10.9 Å². The molecule has 0 bridgehead atoms. The number of hydrogen-bond acceptors (Lipinski definition) is 4. The van der Waals surface area contributed by atoms with Crippen LogP contribution in [0.1, 0.15) is 51.8 Å². The molecule has 0 unspecified atom stereocenters. The highest BCUT2D eigenvalue weighted by Gasteiger charge is 2.27. The summed E-state index contributed by atoms with van der Waals surface area (Å²) in [7, 11) is 0. The number of benzene rings is 1. The number of rotatable bonds is 7. The Bertz CT molecular complexity index is 989. The molecule has 1 atom stereocenters. The molecule has 2 aromatic heterocycles. The van der Waals surface area contributed by atoms with Crippen LogP contribution in [-0.4, -0.2) is 40.2 Å². The van der Waals surface area contributed by atoms with E-state index in [2.05, 4.69) is 34.4 Å². The van der Waals surface area contributed by atoms with E-state index in [0.29, 0.717) is 29.5 Å². The molecule has 7 heteroatoms. The zero-order chi connectivity index (χ0) is 21.1. The molecule has 0 aliphatic carbocycles. The van der Waals surface area contributed by atoms with Crippen LogP contribution < -0.4 is 5.32 Å². The Morgan fingerprint density at radius 3 is 2.60 bits per heavy atom. The Hall–Kier alpha value is -2.57. The number of aryl methyl sites for hydroxylation is 2. The van der Waals surface area contributed by atoms with Gasteiger partial charge in [0.15, 0.2) is 0 Å². The van der Waals surface area contributed by atoms with Crippen LogP contribution in [-0.2, 0) is 6.54 Å². The lowest BCUT2D eigenvalue weighted by Gasteiger charge is -2.26. The van der Waals surface area contributed by atoms with Crippen LogP contribution in [0.5, 0.6) is 0 Å². The first-order chi connectivity index (χ1) is 14.5. The van der Waals surface area contributed by atoms with Crippen LogP contribution in [0.25, 0.3) is 0 Å². The van der Waals surface area contributed by atoms with E-state index in [1.165, 1.54) is 18.4 Å². The molecule has 158 valence electrons. The molecular formula is C23H27ClN4O2. The molecule has 1 saturated heterocycles. The van der Waals surface area contributed by atoms with Crippen molar-refractivity contribution in [2.45, 2.75) is 39.3 Å². The predicted molar refractivity (Wildman–Crippen MR) is 117 cm³/mol. The Kier molecular flexibility index (Phi) is 6.25. The van der Waals surface area contributed by atoms with Crippen LogP contribution >= 0.6 is 11.6 Å². The number of halogens is 1. The lowest BCUT2D eigenvalue weighted by Crippen LogP contribution is -2.36. The molecule has 1 N–H and O–H groups in total. The molecule has 0 saturated carbocycles. The molecule has 3 aromatic rings. The van der Waals surface area contributed by atoms with Crippen LogP contribution in [0.4, 0.5) is 0 Å². The van der Waals surface area contributed by atoms with Gasteiger partial charge < -0.3 is 9.73 Å². The van der Waals surface area contributed by atoms with Crippen molar-refractivity contribution in [1.29, 1.82) is 0 Å². The van der Waals surface area contributed by atoms with Crippen molar-refractivity contribution in [3.05, 3.63) is 76.0 Å². The third-order valence-corrected chi connectivity index (χ3v) is 6.04. The second-order valence-corrected chi connectivity index (χ2v) is 8.24. The molecule has 1 aromatic carbocycles. The number of likely N-dealkylation sites (tertiary alicyclic amines) is 1. The number of furan rings is 1. The third-order valence-electron chi connectivity index (χ3n) is 5.65. The van der Waals surface area contributed by atoms with Crippen molar-refractivity contribution in [3.8, 4) is 0 Å². The second kappa shape index (κ2) is 9.06. The van der Waals surface area contributed by atoms with Crippen LogP contribution in [0.3, 0.4) is 0 Å². The summed E-state index contributed by atoms with van der Waals surface area (Å²) in [5.74, 6) is 0.665. The SMILES string of the molecule is Cc1ccc(Cn2nc(C)c(C(=O)NC[C@@H](c3ccco3)N3CCCC3)c2Cl)cc1. The normalized spacial score (nSPS) is 15.4. The maximum absolute atomic E-state index is 13.0. The number of carbonyl (C=O) groups is 1. The van der Waals surface area contributed by atoms with Gasteiger partial charge in [0, 0.05) is 6.54 Å². The van der Waals surface area contributed by atoms with Crippen molar-refractivity contribution in [1.82, 2.24) is 20.0 Å². The van der Waals surface area contributed by atoms with Crippen LogP contribution in [0, 0.1) is 13.8 Å². The summed E-state index contributed by atoms with van der Waals surface area (Å²) in [5, 5.41) is 7.91. The first-order valence-electron chi connectivity index (χ1n) is 10.4. The summed E-state index contributed by atoms with van der Waals surface area (Å²) in [6.07, 6.45) is 4.01. The number of nitrogens with one attached hydrogen (secondary N) is 1. The maximum Gasteiger partial charge on any atom is 0.256 e. The number of nitrogens with zero attached hydrogens (tertiary/aromatic N) is 3. The van der Waals surface area contributed by atoms with E-state index < -0.39 is 0 Å². The average molecular weight is 427 g/mol. The zero-order valence-corrected chi connectivity index (χ0v) is 18.2. The van der Waals surface area contributed by atoms with Crippen molar-refractivity contribution >= 4 is 17.5 Å². The number of aromatic nitrogens is 2. The fraction of sp³-hybridized carbons (Fsp3) is 0.391. The summed E-state index contributed by atoms with van der Waals surface area (Å²) in [6.45, 7) is 6.87. The molecule has 1 fully saturated rings. The zero-order valence-electron chi connectivity index (χ0n) is 17.4. The predicted octanol–water partition coefficient (Wildman–Crippen LogP) is 4.36. The molecule has 0 radical (unpaired) electrons. The minimum atomic E-state index is -0.205. The molecule has 1 amide bonds. The Morgan fingerprint density at radius 2 is 1.93 bits per heavy atom. The first kappa shape index (κ1) is 20.7. The molecule has 4 rings (SSSR count). The summed E-state index contributed by atoms with van der Waals surface area (Å²) in [5.41, 5.74) is 3.35. The van der Waals surface area contributed by atoms with E-state index in [1.807, 2.05) is 31.2 Å². The van der Waals surface area contributed by atoms with E-state index in [1.54, 1.807) is 10.9 Å². The number of hydrogen-bond donors (Lipinski definition) is 1. The molecule has 30 heavy (non-hydrogen) atoms. The quantitative estimate of drug-likeness (QED) is 0.609. The average Bonchev–Trinajstić information content (AvgIpc) is 3.48. The molecule has 1 aliphatic heterocycles. The van der Waals surface area contributed by atoms with Gasteiger partial charge in [0.25, 0.3) is 5.91 Å².